The van der Waals surface area contributed by atoms with Crippen molar-refractivity contribution in [2.75, 3.05) is 33.4 Å². The molecule has 1 aromatic heterocycles. The van der Waals surface area contributed by atoms with Gasteiger partial charge in [-0.15, -0.1) is 11.3 Å². The second-order valence-corrected chi connectivity index (χ2v) is 14.9. The number of ether oxygens (including phenoxy) is 2. The van der Waals surface area contributed by atoms with Gasteiger partial charge >= 0.3 is 11.9 Å². The van der Waals surface area contributed by atoms with Gasteiger partial charge in [-0.05, 0) is 68.8 Å². The van der Waals surface area contributed by atoms with Crippen LogP contribution in [0.3, 0.4) is 0 Å². The number of esters is 2. The number of thiazole rings is 1. The molecule has 0 spiro atoms. The number of benzene rings is 1. The van der Waals surface area contributed by atoms with Crippen LogP contribution < -0.4 is 10.6 Å². The van der Waals surface area contributed by atoms with Crippen LogP contribution in [0.1, 0.15) is 114 Å². The highest BCUT2D eigenvalue weighted by Gasteiger charge is 2.33. The number of rotatable bonds is 23. The Morgan fingerprint density at radius 1 is 1.00 bits per heavy atom. The average Bonchev–Trinajstić information content (AvgIpc) is 3.57. The first-order chi connectivity index (χ1) is 24.6. The number of carbonyl (C=O) groups excluding carboxylic acids is 5. The summed E-state index contributed by atoms with van der Waals surface area (Å²) in [7, 11) is 1.84. The molecule has 52 heavy (non-hydrogen) atoms. The third-order valence-corrected chi connectivity index (χ3v) is 9.29. The van der Waals surface area contributed by atoms with Crippen LogP contribution in [0.25, 0.3) is 0 Å². The van der Waals surface area contributed by atoms with E-state index in [0.717, 1.165) is 31.4 Å². The quantitative estimate of drug-likeness (QED) is 0.101. The molecular formula is C38H59N5O8S. The van der Waals surface area contributed by atoms with Crippen LogP contribution in [0.5, 0.6) is 5.75 Å². The summed E-state index contributed by atoms with van der Waals surface area (Å²) in [5.41, 5.74) is 1.14. The molecule has 3 atom stereocenters. The molecule has 3 unspecified atom stereocenters. The van der Waals surface area contributed by atoms with Gasteiger partial charge in [-0.3, -0.25) is 28.9 Å². The van der Waals surface area contributed by atoms with Crippen molar-refractivity contribution in [1.82, 2.24) is 25.4 Å². The van der Waals surface area contributed by atoms with Crippen LogP contribution in [0, 0.1) is 11.8 Å². The topological polar surface area (TPSA) is 167 Å². The smallest absolute Gasteiger partial charge is 0.307 e. The Labute approximate surface area is 312 Å². The van der Waals surface area contributed by atoms with Crippen molar-refractivity contribution in [3.63, 3.8) is 0 Å². The van der Waals surface area contributed by atoms with Gasteiger partial charge in [-0.1, -0.05) is 60.1 Å². The van der Waals surface area contributed by atoms with E-state index in [1.165, 1.54) is 23.2 Å². The Morgan fingerprint density at radius 3 is 2.29 bits per heavy atom. The van der Waals surface area contributed by atoms with Crippen LogP contribution in [-0.4, -0.2) is 95.0 Å². The summed E-state index contributed by atoms with van der Waals surface area (Å²) >= 11 is 1.17. The molecule has 14 heteroatoms. The maximum absolute atomic E-state index is 13.7. The van der Waals surface area contributed by atoms with E-state index in [4.69, 9.17) is 9.47 Å². The lowest BCUT2D eigenvalue weighted by Crippen LogP contribution is -2.50. The summed E-state index contributed by atoms with van der Waals surface area (Å²) in [6, 6.07) is 6.09. The molecule has 1 heterocycles. The Morgan fingerprint density at radius 2 is 1.69 bits per heavy atom. The van der Waals surface area contributed by atoms with E-state index in [2.05, 4.69) is 36.4 Å². The number of likely N-dealkylation sites (N-methyl/N-ethyl adjacent to an activating group) is 1. The minimum absolute atomic E-state index is 0.105. The number of amides is 3. The van der Waals surface area contributed by atoms with Crippen LogP contribution in [-0.2, 0) is 35.1 Å². The van der Waals surface area contributed by atoms with Gasteiger partial charge < -0.3 is 30.1 Å². The van der Waals surface area contributed by atoms with E-state index < -0.39 is 30.0 Å². The van der Waals surface area contributed by atoms with Crippen LogP contribution >= 0.6 is 11.3 Å². The predicted molar refractivity (Wildman–Crippen MR) is 201 cm³/mol. The van der Waals surface area contributed by atoms with E-state index in [9.17, 15) is 29.1 Å². The highest BCUT2D eigenvalue weighted by molar-refractivity contribution is 7.09. The third kappa shape index (κ3) is 16.1. The lowest BCUT2D eigenvalue weighted by Gasteiger charge is -2.35. The second-order valence-electron chi connectivity index (χ2n) is 14.0. The SMILES string of the molecule is CCCCN(C)CC(=O)NCC(=O)N(COC(=O)CCC)C(CC(OC(C)=O)c1nc(C(=O)NC(Cc2ccc(O)cc2)CC(C)C)cs1)C(C)C. The van der Waals surface area contributed by atoms with E-state index in [1.807, 2.05) is 44.9 Å². The Hall–Kier alpha value is -4.04. The Kier molecular flexibility index (Phi) is 19.3. The monoisotopic (exact) mass is 745 g/mol. The van der Waals surface area contributed by atoms with Crippen molar-refractivity contribution in [1.29, 1.82) is 0 Å². The molecule has 0 bridgehead atoms. The number of hydrogen-bond donors (Lipinski definition) is 3. The summed E-state index contributed by atoms with van der Waals surface area (Å²) in [6.07, 6.45) is 3.18. The van der Waals surface area contributed by atoms with Gasteiger partial charge in [-0.25, -0.2) is 4.98 Å². The van der Waals surface area contributed by atoms with Gasteiger partial charge in [0, 0.05) is 37.2 Å². The van der Waals surface area contributed by atoms with E-state index in [-0.39, 0.29) is 67.9 Å². The number of hydrogen-bond acceptors (Lipinski definition) is 11. The highest BCUT2D eigenvalue weighted by atomic mass is 32.1. The van der Waals surface area contributed by atoms with Crippen molar-refractivity contribution >= 4 is 41.0 Å². The largest absolute Gasteiger partial charge is 0.508 e. The normalized spacial score (nSPS) is 13.1. The fourth-order valence-electron chi connectivity index (χ4n) is 5.71. The second kappa shape index (κ2) is 22.8. The van der Waals surface area contributed by atoms with Gasteiger partial charge in [0.2, 0.25) is 11.8 Å². The number of nitrogens with one attached hydrogen (secondary N) is 2. The zero-order valence-electron chi connectivity index (χ0n) is 32.1. The summed E-state index contributed by atoms with van der Waals surface area (Å²) in [6.45, 7) is 13.4. The lowest BCUT2D eigenvalue weighted by molar-refractivity contribution is -0.158. The molecule has 0 saturated heterocycles. The summed E-state index contributed by atoms with van der Waals surface area (Å²) < 4.78 is 11.2. The number of nitrogens with zero attached hydrogens (tertiary/aromatic N) is 3. The summed E-state index contributed by atoms with van der Waals surface area (Å²) in [4.78, 5) is 72.4. The predicted octanol–water partition coefficient (Wildman–Crippen LogP) is 5.23. The molecule has 13 nitrogen and oxygen atoms in total. The molecule has 1 aromatic carbocycles. The Bertz CT molecular complexity index is 1430. The zero-order valence-corrected chi connectivity index (χ0v) is 32.9. The first-order valence-corrected chi connectivity index (χ1v) is 19.1. The Balaban J connectivity index is 2.30. The molecule has 0 fully saturated rings. The fraction of sp³-hybridized carbons (Fsp3) is 0.632. The van der Waals surface area contributed by atoms with Crippen LogP contribution in [0.15, 0.2) is 29.6 Å². The van der Waals surface area contributed by atoms with E-state index >= 15 is 0 Å². The van der Waals surface area contributed by atoms with Gasteiger partial charge in [0.1, 0.15) is 16.5 Å². The lowest BCUT2D eigenvalue weighted by atomic mass is 9.96. The van der Waals surface area contributed by atoms with Gasteiger partial charge in [0.05, 0.1) is 13.1 Å². The molecule has 2 rings (SSSR count). The van der Waals surface area contributed by atoms with Crippen LogP contribution in [0.2, 0.25) is 0 Å². The third-order valence-electron chi connectivity index (χ3n) is 8.36. The highest BCUT2D eigenvalue weighted by Crippen LogP contribution is 2.31. The summed E-state index contributed by atoms with van der Waals surface area (Å²) in [5.74, 6) is -1.87. The number of aromatic nitrogens is 1. The molecular weight excluding hydrogens is 687 g/mol. The molecule has 2 aromatic rings. The first-order valence-electron chi connectivity index (χ1n) is 18.2. The molecule has 0 aliphatic rings. The number of unbranched alkanes of at least 4 members (excludes halogenated alkanes) is 1. The molecule has 290 valence electrons. The molecule has 0 aliphatic heterocycles. The summed E-state index contributed by atoms with van der Waals surface area (Å²) in [5, 5.41) is 17.4. The van der Waals surface area contributed by atoms with Crippen molar-refractivity contribution < 1.29 is 38.6 Å². The van der Waals surface area contributed by atoms with Crippen molar-refractivity contribution in [2.24, 2.45) is 11.8 Å². The van der Waals surface area contributed by atoms with Crippen LogP contribution in [0.4, 0.5) is 0 Å². The molecule has 0 saturated carbocycles. The zero-order chi connectivity index (χ0) is 38.8. The van der Waals surface area contributed by atoms with Crippen molar-refractivity contribution in [2.45, 2.75) is 112 Å². The van der Waals surface area contributed by atoms with Crippen molar-refractivity contribution in [3.05, 3.63) is 45.9 Å². The maximum atomic E-state index is 13.7. The van der Waals surface area contributed by atoms with E-state index in [0.29, 0.717) is 23.8 Å². The molecule has 0 radical (unpaired) electrons. The molecule has 3 N–H and O–H groups in total. The van der Waals surface area contributed by atoms with Gasteiger partial charge in [0.25, 0.3) is 5.91 Å². The number of aromatic hydroxyl groups is 1. The molecule has 0 aliphatic carbocycles. The average molecular weight is 746 g/mol. The maximum Gasteiger partial charge on any atom is 0.307 e. The minimum Gasteiger partial charge on any atom is -0.508 e. The number of carbonyl (C=O) groups is 5. The number of phenols is 1. The van der Waals surface area contributed by atoms with Gasteiger partial charge in [0.15, 0.2) is 12.8 Å². The van der Waals surface area contributed by atoms with Gasteiger partial charge in [-0.2, -0.15) is 0 Å². The molecule has 3 amide bonds. The first kappa shape index (κ1) is 44.1. The minimum atomic E-state index is -0.914. The fourth-order valence-corrected chi connectivity index (χ4v) is 6.55. The van der Waals surface area contributed by atoms with Crippen molar-refractivity contribution in [3.8, 4) is 5.75 Å². The van der Waals surface area contributed by atoms with E-state index in [1.54, 1.807) is 17.5 Å². The number of phenolic OH excluding ortho intramolecular Hbond substituents is 1. The standard InChI is InChI=1S/C38H59N5O8S/c1-9-11-17-42(8)22-34(46)39-21-35(47)43(24-50-36(48)12-10-2)32(26(5)6)20-33(51-27(7)44)38-41-31(23-52-38)37(49)40-29(18-25(3)4)19-28-13-15-30(45)16-14-28/h13-16,23,25-26,29,32-33,45H,9-12,17-22,24H2,1-8H3,(H,39,46)(H,40,49).